The zero-order valence-electron chi connectivity index (χ0n) is 10.0. The third-order valence-corrected chi connectivity index (χ3v) is 3.31. The average Bonchev–Trinajstić information content (AvgIpc) is 2.42. The number of hydrogen-bond acceptors (Lipinski definition) is 3. The predicted molar refractivity (Wildman–Crippen MR) is 80.4 cm³/mol. The van der Waals surface area contributed by atoms with Crippen molar-refractivity contribution < 1.29 is 4.74 Å². The maximum absolute atomic E-state index is 5.93. The monoisotopic (exact) mass is 314 g/mol. The number of anilines is 1. The van der Waals surface area contributed by atoms with Gasteiger partial charge in [0, 0.05) is 16.1 Å². The molecule has 0 atom stereocenters. The van der Waals surface area contributed by atoms with Gasteiger partial charge in [0.15, 0.2) is 5.75 Å². The second kappa shape index (κ2) is 4.90. The molecule has 0 radical (unpaired) electrons. The van der Waals surface area contributed by atoms with Crippen LogP contribution in [0.2, 0.25) is 0 Å². The molecule has 3 rings (SSSR count). The Morgan fingerprint density at radius 1 is 1.05 bits per heavy atom. The van der Waals surface area contributed by atoms with Crippen LogP contribution < -0.4 is 10.5 Å². The highest BCUT2D eigenvalue weighted by Gasteiger charge is 2.07. The van der Waals surface area contributed by atoms with Gasteiger partial charge in [-0.1, -0.05) is 34.1 Å². The van der Waals surface area contributed by atoms with Gasteiger partial charge >= 0.3 is 0 Å². The standard InChI is InChI=1S/C15H11BrN2O/c16-11-5-6-14(13(17)9-11)19-15-12-4-2-1-3-10(12)7-8-18-15/h1-9H,17H2. The quantitative estimate of drug-likeness (QED) is 0.714. The van der Waals surface area contributed by atoms with Crippen LogP contribution in [0.5, 0.6) is 11.6 Å². The molecule has 0 unspecified atom stereocenters. The van der Waals surface area contributed by atoms with Crippen molar-refractivity contribution in [1.29, 1.82) is 0 Å². The minimum Gasteiger partial charge on any atom is -0.436 e. The van der Waals surface area contributed by atoms with E-state index in [0.717, 1.165) is 15.2 Å². The maximum atomic E-state index is 5.93. The molecule has 0 aliphatic heterocycles. The summed E-state index contributed by atoms with van der Waals surface area (Å²) < 4.78 is 6.74. The first kappa shape index (κ1) is 12.0. The molecule has 0 fully saturated rings. The predicted octanol–water partition coefficient (Wildman–Crippen LogP) is 4.37. The van der Waals surface area contributed by atoms with E-state index in [9.17, 15) is 0 Å². The zero-order valence-corrected chi connectivity index (χ0v) is 11.6. The van der Waals surface area contributed by atoms with Crippen molar-refractivity contribution in [3.05, 3.63) is 59.2 Å². The molecule has 0 aliphatic carbocycles. The number of nitrogens with zero attached hydrogens (tertiary/aromatic N) is 1. The molecule has 1 heterocycles. The molecule has 3 aromatic rings. The molecule has 0 saturated heterocycles. The summed E-state index contributed by atoms with van der Waals surface area (Å²) >= 11 is 3.37. The Balaban J connectivity index is 2.06. The van der Waals surface area contributed by atoms with Crippen molar-refractivity contribution in [3.8, 4) is 11.6 Å². The summed E-state index contributed by atoms with van der Waals surface area (Å²) in [7, 11) is 0. The van der Waals surface area contributed by atoms with Crippen LogP contribution in [0.25, 0.3) is 10.8 Å². The molecule has 19 heavy (non-hydrogen) atoms. The molecule has 2 N–H and O–H groups in total. The number of pyridine rings is 1. The molecule has 94 valence electrons. The number of halogens is 1. The van der Waals surface area contributed by atoms with Gasteiger partial charge in [0.1, 0.15) is 0 Å². The minimum absolute atomic E-state index is 0.562. The lowest BCUT2D eigenvalue weighted by atomic mass is 10.2. The molecular formula is C15H11BrN2O. The van der Waals surface area contributed by atoms with Crippen LogP contribution in [0, 0.1) is 0 Å². The number of aromatic nitrogens is 1. The van der Waals surface area contributed by atoms with E-state index in [4.69, 9.17) is 10.5 Å². The lowest BCUT2D eigenvalue weighted by molar-refractivity contribution is 0.471. The van der Waals surface area contributed by atoms with Gasteiger partial charge in [-0.05, 0) is 35.7 Å². The molecule has 1 aromatic heterocycles. The summed E-state index contributed by atoms with van der Waals surface area (Å²) in [5.74, 6) is 1.17. The Morgan fingerprint density at radius 3 is 2.74 bits per heavy atom. The molecule has 0 bridgehead atoms. The summed E-state index contributed by atoms with van der Waals surface area (Å²) in [5, 5.41) is 2.05. The van der Waals surface area contributed by atoms with Crippen LogP contribution in [0.4, 0.5) is 5.69 Å². The van der Waals surface area contributed by atoms with Gasteiger partial charge in [-0.3, -0.25) is 0 Å². The second-order valence-electron chi connectivity index (χ2n) is 4.12. The number of hydrogen-bond donors (Lipinski definition) is 1. The molecule has 4 heteroatoms. The number of nitrogens with two attached hydrogens (primary N) is 1. The van der Waals surface area contributed by atoms with E-state index in [-0.39, 0.29) is 0 Å². The first-order valence-corrected chi connectivity index (χ1v) is 6.60. The summed E-state index contributed by atoms with van der Waals surface area (Å²) in [6.07, 6.45) is 1.73. The number of fused-ring (bicyclic) bond motifs is 1. The fourth-order valence-electron chi connectivity index (χ4n) is 1.89. The second-order valence-corrected chi connectivity index (χ2v) is 5.04. The van der Waals surface area contributed by atoms with Crippen LogP contribution in [-0.2, 0) is 0 Å². The Hall–Kier alpha value is -2.07. The fourth-order valence-corrected chi connectivity index (χ4v) is 2.27. The van der Waals surface area contributed by atoms with Crippen LogP contribution >= 0.6 is 15.9 Å². The molecule has 3 nitrogen and oxygen atoms in total. The largest absolute Gasteiger partial charge is 0.436 e. The van der Waals surface area contributed by atoms with Crippen molar-refractivity contribution in [2.75, 3.05) is 5.73 Å². The molecule has 2 aromatic carbocycles. The lowest BCUT2D eigenvalue weighted by Gasteiger charge is -2.09. The van der Waals surface area contributed by atoms with Crippen LogP contribution in [0.15, 0.2) is 59.2 Å². The van der Waals surface area contributed by atoms with Gasteiger partial charge in [0.05, 0.1) is 5.69 Å². The van der Waals surface area contributed by atoms with Crippen molar-refractivity contribution in [1.82, 2.24) is 4.98 Å². The van der Waals surface area contributed by atoms with E-state index >= 15 is 0 Å². The minimum atomic E-state index is 0.562. The van der Waals surface area contributed by atoms with E-state index in [0.29, 0.717) is 17.3 Å². The van der Waals surface area contributed by atoms with E-state index in [2.05, 4.69) is 20.9 Å². The molecule has 0 amide bonds. The molecule has 0 saturated carbocycles. The van der Waals surface area contributed by atoms with Gasteiger partial charge in [0.2, 0.25) is 5.88 Å². The van der Waals surface area contributed by atoms with Crippen LogP contribution in [0.1, 0.15) is 0 Å². The number of rotatable bonds is 2. The normalized spacial score (nSPS) is 10.6. The average molecular weight is 315 g/mol. The fraction of sp³-hybridized carbons (Fsp3) is 0. The van der Waals surface area contributed by atoms with Gasteiger partial charge < -0.3 is 10.5 Å². The topological polar surface area (TPSA) is 48.1 Å². The maximum Gasteiger partial charge on any atom is 0.227 e. The Bertz CT molecular complexity index is 738. The van der Waals surface area contributed by atoms with E-state index in [1.54, 1.807) is 12.3 Å². The van der Waals surface area contributed by atoms with E-state index in [1.165, 1.54) is 0 Å². The summed E-state index contributed by atoms with van der Waals surface area (Å²) in [6, 6.07) is 15.4. The highest BCUT2D eigenvalue weighted by Crippen LogP contribution is 2.32. The van der Waals surface area contributed by atoms with Gasteiger partial charge in [-0.15, -0.1) is 0 Å². The van der Waals surface area contributed by atoms with Gasteiger partial charge in [0.25, 0.3) is 0 Å². The number of ether oxygens (including phenoxy) is 1. The van der Waals surface area contributed by atoms with Crippen molar-refractivity contribution >= 4 is 32.4 Å². The highest BCUT2D eigenvalue weighted by atomic mass is 79.9. The summed E-state index contributed by atoms with van der Waals surface area (Å²) in [4.78, 5) is 4.28. The van der Waals surface area contributed by atoms with E-state index in [1.807, 2.05) is 42.5 Å². The number of benzene rings is 2. The summed E-state index contributed by atoms with van der Waals surface area (Å²) in [6.45, 7) is 0. The highest BCUT2D eigenvalue weighted by molar-refractivity contribution is 9.10. The Labute approximate surface area is 119 Å². The lowest BCUT2D eigenvalue weighted by Crippen LogP contribution is -1.94. The van der Waals surface area contributed by atoms with Gasteiger partial charge in [-0.2, -0.15) is 0 Å². The first-order valence-electron chi connectivity index (χ1n) is 5.81. The van der Waals surface area contributed by atoms with Gasteiger partial charge in [-0.25, -0.2) is 4.98 Å². The Morgan fingerprint density at radius 2 is 1.89 bits per heavy atom. The third kappa shape index (κ3) is 2.39. The zero-order chi connectivity index (χ0) is 13.2. The number of nitrogen functional groups attached to an aromatic ring is 1. The SMILES string of the molecule is Nc1cc(Br)ccc1Oc1nccc2ccccc12. The first-order chi connectivity index (χ1) is 9.24. The molecular weight excluding hydrogens is 304 g/mol. The van der Waals surface area contributed by atoms with Crippen molar-refractivity contribution in [2.24, 2.45) is 0 Å². The molecule has 0 aliphatic rings. The van der Waals surface area contributed by atoms with E-state index < -0.39 is 0 Å². The van der Waals surface area contributed by atoms with Crippen LogP contribution in [-0.4, -0.2) is 4.98 Å². The summed E-state index contributed by atoms with van der Waals surface area (Å²) in [5.41, 5.74) is 6.50. The smallest absolute Gasteiger partial charge is 0.227 e. The molecule has 0 spiro atoms. The Kier molecular flexibility index (Phi) is 3.09. The van der Waals surface area contributed by atoms with Crippen LogP contribution in [0.3, 0.4) is 0 Å². The van der Waals surface area contributed by atoms with Crippen molar-refractivity contribution in [2.45, 2.75) is 0 Å². The van der Waals surface area contributed by atoms with Crippen molar-refractivity contribution in [3.63, 3.8) is 0 Å². The third-order valence-electron chi connectivity index (χ3n) is 2.82.